The number of aliphatic hydroxyl groups excluding tert-OH is 1. The Morgan fingerprint density at radius 3 is 2.48 bits per heavy atom. The van der Waals surface area contributed by atoms with Crippen LogP contribution in [0.4, 0.5) is 4.39 Å². The predicted octanol–water partition coefficient (Wildman–Crippen LogP) is 1.33. The number of rotatable bonds is 8. The number of hydrogen-bond donors (Lipinski definition) is 2. The molecule has 1 aromatic carbocycles. The second-order valence-electron chi connectivity index (χ2n) is 4.92. The lowest BCUT2D eigenvalue weighted by molar-refractivity contribution is 0.277. The van der Waals surface area contributed by atoms with Gasteiger partial charge in [-0.1, -0.05) is 19.9 Å². The van der Waals surface area contributed by atoms with Gasteiger partial charge in [-0.25, -0.2) is 17.5 Å². The normalized spacial score (nSPS) is 13.6. The highest BCUT2D eigenvalue weighted by molar-refractivity contribution is 7.89. The first-order chi connectivity index (χ1) is 9.83. The van der Waals surface area contributed by atoms with Gasteiger partial charge in [0.1, 0.15) is 5.82 Å². The number of halogens is 1. The summed E-state index contributed by atoms with van der Waals surface area (Å²) in [5, 5.41) is 9.21. The highest BCUT2D eigenvalue weighted by Crippen LogP contribution is 2.17. The number of nitrogens with one attached hydrogen (secondary N) is 1. The van der Waals surface area contributed by atoms with Gasteiger partial charge in [0.2, 0.25) is 10.0 Å². The van der Waals surface area contributed by atoms with Crippen molar-refractivity contribution in [1.29, 1.82) is 0 Å². The quantitative estimate of drug-likeness (QED) is 0.759. The standard InChI is InChI=1S/C14H23FN2O3S/c1-4-17(5-2)9-11(3)16-21(19,20)14-8-13(15)7-6-12(14)10-18/h6-8,11,16,18H,4-5,9-10H2,1-3H3. The second-order valence-corrected chi connectivity index (χ2v) is 6.60. The summed E-state index contributed by atoms with van der Waals surface area (Å²) in [6, 6.07) is 3.02. The van der Waals surface area contributed by atoms with Crippen LogP contribution in [0.25, 0.3) is 0 Å². The van der Waals surface area contributed by atoms with Crippen LogP contribution in [-0.2, 0) is 16.6 Å². The maximum Gasteiger partial charge on any atom is 0.241 e. The van der Waals surface area contributed by atoms with Gasteiger partial charge in [-0.05, 0) is 37.7 Å². The van der Waals surface area contributed by atoms with Crippen LogP contribution < -0.4 is 4.72 Å². The molecule has 21 heavy (non-hydrogen) atoms. The van der Waals surface area contributed by atoms with E-state index in [1.807, 2.05) is 13.8 Å². The third-order valence-electron chi connectivity index (χ3n) is 3.27. The highest BCUT2D eigenvalue weighted by Gasteiger charge is 2.22. The first-order valence-electron chi connectivity index (χ1n) is 6.98. The molecule has 0 saturated carbocycles. The fourth-order valence-corrected chi connectivity index (χ4v) is 3.62. The van der Waals surface area contributed by atoms with Crippen molar-refractivity contribution in [3.63, 3.8) is 0 Å². The molecular formula is C14H23FN2O3S. The summed E-state index contributed by atoms with van der Waals surface area (Å²) in [7, 11) is -3.86. The van der Waals surface area contributed by atoms with Crippen molar-refractivity contribution in [2.45, 2.75) is 38.3 Å². The van der Waals surface area contributed by atoms with E-state index in [-0.39, 0.29) is 16.5 Å². The molecule has 0 aliphatic rings. The molecule has 0 bridgehead atoms. The van der Waals surface area contributed by atoms with E-state index in [0.717, 1.165) is 25.2 Å². The summed E-state index contributed by atoms with van der Waals surface area (Å²) < 4.78 is 40.5. The molecular weight excluding hydrogens is 295 g/mol. The molecule has 120 valence electrons. The van der Waals surface area contributed by atoms with Gasteiger partial charge in [0.05, 0.1) is 11.5 Å². The van der Waals surface area contributed by atoms with Gasteiger partial charge < -0.3 is 10.0 Å². The number of benzene rings is 1. The van der Waals surface area contributed by atoms with E-state index in [4.69, 9.17) is 0 Å². The van der Waals surface area contributed by atoms with Crippen molar-refractivity contribution in [3.8, 4) is 0 Å². The molecule has 1 atom stereocenters. The monoisotopic (exact) mass is 318 g/mol. The van der Waals surface area contributed by atoms with Crippen LogP contribution in [0.5, 0.6) is 0 Å². The molecule has 0 radical (unpaired) electrons. The van der Waals surface area contributed by atoms with Crippen molar-refractivity contribution in [2.24, 2.45) is 0 Å². The summed E-state index contributed by atoms with van der Waals surface area (Å²) >= 11 is 0. The summed E-state index contributed by atoms with van der Waals surface area (Å²) in [4.78, 5) is 1.88. The van der Waals surface area contributed by atoms with Crippen molar-refractivity contribution >= 4 is 10.0 Å². The van der Waals surface area contributed by atoms with Crippen molar-refractivity contribution in [1.82, 2.24) is 9.62 Å². The van der Waals surface area contributed by atoms with Gasteiger partial charge in [-0.3, -0.25) is 0 Å². The van der Waals surface area contributed by atoms with Crippen LogP contribution in [0, 0.1) is 5.82 Å². The minimum Gasteiger partial charge on any atom is -0.392 e. The van der Waals surface area contributed by atoms with Gasteiger partial charge in [-0.15, -0.1) is 0 Å². The van der Waals surface area contributed by atoms with E-state index >= 15 is 0 Å². The van der Waals surface area contributed by atoms with Crippen LogP contribution in [0.1, 0.15) is 26.3 Å². The zero-order valence-corrected chi connectivity index (χ0v) is 13.5. The topological polar surface area (TPSA) is 69.6 Å². The fourth-order valence-electron chi connectivity index (χ4n) is 2.14. The average Bonchev–Trinajstić information content (AvgIpc) is 2.44. The van der Waals surface area contributed by atoms with Crippen LogP contribution in [0.3, 0.4) is 0 Å². The lowest BCUT2D eigenvalue weighted by Gasteiger charge is -2.23. The lowest BCUT2D eigenvalue weighted by Crippen LogP contribution is -2.42. The number of hydrogen-bond acceptors (Lipinski definition) is 4. The second kappa shape index (κ2) is 7.84. The Bertz CT molecular complexity index is 559. The van der Waals surface area contributed by atoms with Gasteiger partial charge in [0, 0.05) is 12.6 Å². The Labute approximate surface area is 125 Å². The minimum atomic E-state index is -3.86. The Balaban J connectivity index is 2.94. The Hall–Kier alpha value is -1.02. The first-order valence-corrected chi connectivity index (χ1v) is 8.46. The molecule has 0 saturated heterocycles. The Morgan fingerprint density at radius 1 is 1.33 bits per heavy atom. The van der Waals surface area contributed by atoms with E-state index in [0.29, 0.717) is 6.54 Å². The maximum absolute atomic E-state index is 13.3. The summed E-state index contributed by atoms with van der Waals surface area (Å²) in [6.07, 6.45) is 0. The molecule has 2 N–H and O–H groups in total. The smallest absolute Gasteiger partial charge is 0.241 e. The zero-order valence-electron chi connectivity index (χ0n) is 12.6. The minimum absolute atomic E-state index is 0.180. The van der Waals surface area contributed by atoms with Crippen LogP contribution in [-0.4, -0.2) is 44.1 Å². The summed E-state index contributed by atoms with van der Waals surface area (Å²) in [5.41, 5.74) is 0.180. The maximum atomic E-state index is 13.3. The van der Waals surface area contributed by atoms with Gasteiger partial charge >= 0.3 is 0 Å². The molecule has 0 aliphatic carbocycles. The van der Waals surface area contributed by atoms with Gasteiger partial charge in [-0.2, -0.15) is 0 Å². The lowest BCUT2D eigenvalue weighted by atomic mass is 10.2. The van der Waals surface area contributed by atoms with E-state index in [1.54, 1.807) is 6.92 Å². The van der Waals surface area contributed by atoms with E-state index < -0.39 is 22.4 Å². The molecule has 7 heteroatoms. The molecule has 0 amide bonds. The Morgan fingerprint density at radius 2 is 1.95 bits per heavy atom. The molecule has 1 unspecified atom stereocenters. The fraction of sp³-hybridized carbons (Fsp3) is 0.571. The molecule has 0 fully saturated rings. The van der Waals surface area contributed by atoms with Crippen LogP contribution >= 0.6 is 0 Å². The molecule has 0 spiro atoms. The largest absolute Gasteiger partial charge is 0.392 e. The predicted molar refractivity (Wildman–Crippen MR) is 79.9 cm³/mol. The van der Waals surface area contributed by atoms with Crippen molar-refractivity contribution in [3.05, 3.63) is 29.6 Å². The SMILES string of the molecule is CCN(CC)CC(C)NS(=O)(=O)c1cc(F)ccc1CO. The van der Waals surface area contributed by atoms with Crippen LogP contribution in [0.15, 0.2) is 23.1 Å². The number of aliphatic hydroxyl groups is 1. The third-order valence-corrected chi connectivity index (χ3v) is 4.94. The molecule has 0 aromatic heterocycles. The Kier molecular flexibility index (Phi) is 6.73. The van der Waals surface area contributed by atoms with E-state index in [9.17, 15) is 17.9 Å². The third kappa shape index (κ3) is 5.03. The van der Waals surface area contributed by atoms with E-state index in [1.165, 1.54) is 6.07 Å². The highest BCUT2D eigenvalue weighted by atomic mass is 32.2. The van der Waals surface area contributed by atoms with E-state index in [2.05, 4.69) is 9.62 Å². The molecule has 0 heterocycles. The summed E-state index contributed by atoms with van der Waals surface area (Å²) in [5.74, 6) is -0.649. The van der Waals surface area contributed by atoms with Crippen LogP contribution in [0.2, 0.25) is 0 Å². The van der Waals surface area contributed by atoms with Crippen molar-refractivity contribution < 1.29 is 17.9 Å². The number of sulfonamides is 1. The van der Waals surface area contributed by atoms with Crippen molar-refractivity contribution in [2.75, 3.05) is 19.6 Å². The molecule has 5 nitrogen and oxygen atoms in total. The van der Waals surface area contributed by atoms with Gasteiger partial charge in [0.25, 0.3) is 0 Å². The first kappa shape index (κ1) is 18.0. The zero-order chi connectivity index (χ0) is 16.0. The molecule has 1 aromatic rings. The van der Waals surface area contributed by atoms with Gasteiger partial charge in [0.15, 0.2) is 0 Å². The molecule has 1 rings (SSSR count). The summed E-state index contributed by atoms with van der Waals surface area (Å²) in [6.45, 7) is 7.52. The average molecular weight is 318 g/mol. The number of likely N-dealkylation sites (N-methyl/N-ethyl adjacent to an activating group) is 1. The number of nitrogens with zero attached hydrogens (tertiary/aromatic N) is 1. The molecule has 0 aliphatic heterocycles.